The minimum atomic E-state index is -4.47. The highest BCUT2D eigenvalue weighted by atomic mass is 19.4. The van der Waals surface area contributed by atoms with Crippen molar-refractivity contribution >= 4 is 12.0 Å². The molecule has 1 saturated carbocycles. The van der Waals surface area contributed by atoms with Crippen LogP contribution in [0.15, 0.2) is 18.2 Å². The molecule has 24 heavy (non-hydrogen) atoms. The molecular formula is C16H17F3N2O3. The second-order valence-electron chi connectivity index (χ2n) is 6.17. The first-order valence-electron chi connectivity index (χ1n) is 7.72. The molecule has 1 saturated heterocycles. The number of nitrogens with zero attached hydrogens (tertiary/aromatic N) is 2. The van der Waals surface area contributed by atoms with Crippen molar-refractivity contribution < 1.29 is 27.9 Å². The van der Waals surface area contributed by atoms with Crippen LogP contribution in [0.3, 0.4) is 0 Å². The van der Waals surface area contributed by atoms with Crippen molar-refractivity contribution in [2.75, 3.05) is 19.6 Å². The average molecular weight is 342 g/mol. The van der Waals surface area contributed by atoms with E-state index in [1.165, 1.54) is 17.0 Å². The summed E-state index contributed by atoms with van der Waals surface area (Å²) in [5, 5.41) is 8.89. The standard InChI is InChI=1S/C16H17F3N2O3/c17-16(18,19)14-11(2-1-3-12(14)10-4-5-10)8-20-6-7-21(15(23)24)9-13(20)22/h1-3,10H,4-9H2,(H,23,24). The fourth-order valence-corrected chi connectivity index (χ4v) is 3.08. The third-order valence-corrected chi connectivity index (χ3v) is 4.43. The Bertz CT molecular complexity index is 671. The molecule has 1 N–H and O–H groups in total. The lowest BCUT2D eigenvalue weighted by Gasteiger charge is -2.33. The topological polar surface area (TPSA) is 60.9 Å². The number of piperazine rings is 1. The molecule has 8 heteroatoms. The zero-order valence-corrected chi connectivity index (χ0v) is 12.8. The second-order valence-corrected chi connectivity index (χ2v) is 6.17. The Morgan fingerprint density at radius 2 is 1.96 bits per heavy atom. The van der Waals surface area contributed by atoms with E-state index in [9.17, 15) is 22.8 Å². The van der Waals surface area contributed by atoms with Crippen molar-refractivity contribution in [2.45, 2.75) is 31.5 Å². The molecule has 0 atom stereocenters. The Kier molecular flexibility index (Phi) is 4.15. The third kappa shape index (κ3) is 3.32. The summed E-state index contributed by atoms with van der Waals surface area (Å²) >= 11 is 0. The summed E-state index contributed by atoms with van der Waals surface area (Å²) in [6, 6.07) is 4.50. The van der Waals surface area contributed by atoms with E-state index >= 15 is 0 Å². The molecule has 1 aliphatic carbocycles. The molecule has 0 bridgehead atoms. The zero-order chi connectivity index (χ0) is 17.5. The van der Waals surface area contributed by atoms with Crippen LogP contribution in [-0.4, -0.2) is 46.5 Å². The smallest absolute Gasteiger partial charge is 0.417 e. The highest BCUT2D eigenvalue weighted by Crippen LogP contribution is 2.47. The van der Waals surface area contributed by atoms with Crippen molar-refractivity contribution in [2.24, 2.45) is 0 Å². The van der Waals surface area contributed by atoms with Gasteiger partial charge in [0.25, 0.3) is 0 Å². The van der Waals surface area contributed by atoms with Gasteiger partial charge in [-0.25, -0.2) is 4.79 Å². The number of carboxylic acid groups (broad SMARTS) is 1. The van der Waals surface area contributed by atoms with Crippen LogP contribution in [0.1, 0.15) is 35.4 Å². The molecule has 2 fully saturated rings. The van der Waals surface area contributed by atoms with Crippen molar-refractivity contribution in [3.8, 4) is 0 Å². The molecule has 1 heterocycles. The number of rotatable bonds is 3. The fraction of sp³-hybridized carbons (Fsp3) is 0.500. The van der Waals surface area contributed by atoms with Gasteiger partial charge in [0.15, 0.2) is 0 Å². The van der Waals surface area contributed by atoms with E-state index in [0.29, 0.717) is 5.56 Å². The Balaban J connectivity index is 1.84. The van der Waals surface area contributed by atoms with Gasteiger partial charge in [-0.2, -0.15) is 13.2 Å². The Hall–Kier alpha value is -2.25. The summed E-state index contributed by atoms with van der Waals surface area (Å²) in [5.74, 6) is -0.533. The SMILES string of the molecule is O=C(O)N1CCN(Cc2cccc(C3CC3)c2C(F)(F)F)C(=O)C1. The zero-order valence-electron chi connectivity index (χ0n) is 12.8. The van der Waals surface area contributed by atoms with Crippen LogP contribution in [0.2, 0.25) is 0 Å². The lowest BCUT2D eigenvalue weighted by Crippen LogP contribution is -2.51. The number of benzene rings is 1. The fourth-order valence-electron chi connectivity index (χ4n) is 3.08. The molecule has 5 nitrogen and oxygen atoms in total. The van der Waals surface area contributed by atoms with Crippen LogP contribution in [0.25, 0.3) is 0 Å². The highest BCUT2D eigenvalue weighted by Gasteiger charge is 2.40. The number of carbonyl (C=O) groups excluding carboxylic acids is 1. The monoisotopic (exact) mass is 342 g/mol. The summed E-state index contributed by atoms with van der Waals surface area (Å²) in [5.41, 5.74) is -0.262. The molecular weight excluding hydrogens is 325 g/mol. The van der Waals surface area contributed by atoms with E-state index < -0.39 is 23.7 Å². The van der Waals surface area contributed by atoms with E-state index in [2.05, 4.69) is 0 Å². The molecule has 1 aliphatic heterocycles. The third-order valence-electron chi connectivity index (χ3n) is 4.43. The molecule has 0 unspecified atom stereocenters. The highest BCUT2D eigenvalue weighted by molar-refractivity contribution is 5.83. The van der Waals surface area contributed by atoms with Gasteiger partial charge in [0.05, 0.1) is 5.56 Å². The van der Waals surface area contributed by atoms with E-state index in [4.69, 9.17) is 5.11 Å². The first-order chi connectivity index (χ1) is 11.3. The summed E-state index contributed by atoms with van der Waals surface area (Å²) in [7, 11) is 0. The van der Waals surface area contributed by atoms with Crippen LogP contribution >= 0.6 is 0 Å². The van der Waals surface area contributed by atoms with Gasteiger partial charge < -0.3 is 10.0 Å². The molecule has 0 radical (unpaired) electrons. The van der Waals surface area contributed by atoms with Gasteiger partial charge in [0.1, 0.15) is 6.54 Å². The van der Waals surface area contributed by atoms with Gasteiger partial charge in [0, 0.05) is 19.6 Å². The maximum atomic E-state index is 13.5. The number of carbonyl (C=O) groups is 2. The maximum Gasteiger partial charge on any atom is 0.417 e. The summed E-state index contributed by atoms with van der Waals surface area (Å²) in [6.45, 7) is -0.276. The van der Waals surface area contributed by atoms with Crippen LogP contribution in [0.4, 0.5) is 18.0 Å². The first-order valence-corrected chi connectivity index (χ1v) is 7.72. The van der Waals surface area contributed by atoms with E-state index in [-0.39, 0.29) is 37.7 Å². The van der Waals surface area contributed by atoms with Gasteiger partial charge in [0.2, 0.25) is 5.91 Å². The predicted molar refractivity (Wildman–Crippen MR) is 78.4 cm³/mol. The predicted octanol–water partition coefficient (Wildman–Crippen LogP) is 2.91. The number of hydrogen-bond acceptors (Lipinski definition) is 2. The number of alkyl halides is 3. The Morgan fingerprint density at radius 1 is 1.25 bits per heavy atom. The quantitative estimate of drug-likeness (QED) is 0.919. The lowest BCUT2D eigenvalue weighted by atomic mass is 9.96. The molecule has 0 aromatic heterocycles. The number of amides is 2. The minimum absolute atomic E-state index is 0.0545. The van der Waals surface area contributed by atoms with Gasteiger partial charge in [-0.1, -0.05) is 18.2 Å². The molecule has 130 valence electrons. The second kappa shape index (κ2) is 5.99. The van der Waals surface area contributed by atoms with Crippen molar-refractivity contribution in [3.05, 3.63) is 34.9 Å². The number of halogens is 3. The molecule has 2 amide bonds. The first kappa shape index (κ1) is 16.6. The molecule has 3 rings (SSSR count). The summed E-state index contributed by atoms with van der Waals surface area (Å²) in [4.78, 5) is 25.2. The van der Waals surface area contributed by atoms with E-state index in [1.54, 1.807) is 6.07 Å². The lowest BCUT2D eigenvalue weighted by molar-refractivity contribution is -0.141. The molecule has 0 spiro atoms. The van der Waals surface area contributed by atoms with Gasteiger partial charge in [-0.15, -0.1) is 0 Å². The Labute approximate surface area is 136 Å². The van der Waals surface area contributed by atoms with Crippen LogP contribution in [0, 0.1) is 0 Å². The molecule has 2 aliphatic rings. The normalized spacial score (nSPS) is 18.9. The summed E-state index contributed by atoms with van der Waals surface area (Å²) < 4.78 is 40.6. The largest absolute Gasteiger partial charge is 0.465 e. The van der Waals surface area contributed by atoms with Crippen LogP contribution < -0.4 is 0 Å². The van der Waals surface area contributed by atoms with E-state index in [0.717, 1.165) is 17.7 Å². The van der Waals surface area contributed by atoms with Crippen LogP contribution in [0.5, 0.6) is 0 Å². The molecule has 1 aromatic rings. The van der Waals surface area contributed by atoms with Crippen molar-refractivity contribution in [1.29, 1.82) is 0 Å². The number of hydrogen-bond donors (Lipinski definition) is 1. The van der Waals surface area contributed by atoms with Gasteiger partial charge in [-0.05, 0) is 29.9 Å². The van der Waals surface area contributed by atoms with Crippen molar-refractivity contribution in [3.63, 3.8) is 0 Å². The average Bonchev–Trinajstić information content (AvgIpc) is 3.32. The van der Waals surface area contributed by atoms with Gasteiger partial charge in [-0.3, -0.25) is 9.69 Å². The Morgan fingerprint density at radius 3 is 2.50 bits per heavy atom. The van der Waals surface area contributed by atoms with Crippen molar-refractivity contribution in [1.82, 2.24) is 9.80 Å². The van der Waals surface area contributed by atoms with Crippen LogP contribution in [-0.2, 0) is 17.5 Å². The maximum absolute atomic E-state index is 13.5. The molecule has 1 aromatic carbocycles. The summed E-state index contributed by atoms with van der Waals surface area (Å²) in [6.07, 6.45) is -4.17. The minimum Gasteiger partial charge on any atom is -0.465 e. The van der Waals surface area contributed by atoms with Gasteiger partial charge >= 0.3 is 12.3 Å². The van der Waals surface area contributed by atoms with E-state index in [1.807, 2.05) is 0 Å².